The van der Waals surface area contributed by atoms with Crippen molar-refractivity contribution in [3.05, 3.63) is 46.1 Å². The van der Waals surface area contributed by atoms with Crippen molar-refractivity contribution in [2.24, 2.45) is 0 Å². The molecule has 9 nitrogen and oxygen atoms in total. The molecule has 0 spiro atoms. The third-order valence-electron chi connectivity index (χ3n) is 6.68. The van der Waals surface area contributed by atoms with Crippen molar-refractivity contribution in [2.45, 2.75) is 74.6 Å². The first-order valence-corrected chi connectivity index (χ1v) is 13.6. The summed E-state index contributed by atoms with van der Waals surface area (Å²) in [5, 5.41) is 4.16. The van der Waals surface area contributed by atoms with Crippen molar-refractivity contribution in [2.75, 3.05) is 26.8 Å². The van der Waals surface area contributed by atoms with Crippen molar-refractivity contribution >= 4 is 15.7 Å². The Hall–Kier alpha value is -2.46. The van der Waals surface area contributed by atoms with E-state index >= 15 is 0 Å². The Bertz CT molecular complexity index is 1180. The van der Waals surface area contributed by atoms with Gasteiger partial charge in [-0.2, -0.15) is 5.10 Å². The van der Waals surface area contributed by atoms with Gasteiger partial charge in [-0.1, -0.05) is 12.1 Å². The van der Waals surface area contributed by atoms with Gasteiger partial charge in [-0.15, -0.1) is 0 Å². The monoisotopic (exact) mass is 490 g/mol. The summed E-state index contributed by atoms with van der Waals surface area (Å²) in [6.45, 7) is 5.36. The van der Waals surface area contributed by atoms with E-state index in [1.165, 1.54) is 4.68 Å². The second kappa shape index (κ2) is 10.0. The molecule has 1 amide bonds. The van der Waals surface area contributed by atoms with E-state index in [2.05, 4.69) is 5.10 Å². The standard InChI is InChI=1S/C24H34N4O5S/c1-17(2)34(31,32)21-10-6-18(7-11-21)15-22(29)26-12-4-5-19(16-26)23-25-27(13-14-33-3)24(30)28(23)20-8-9-20/h6-7,10-11,17,19-20H,4-5,8-9,12-16H2,1-3H3. The zero-order valence-corrected chi connectivity index (χ0v) is 21.0. The predicted octanol–water partition coefficient (Wildman–Crippen LogP) is 2.16. The molecule has 1 aliphatic carbocycles. The molecule has 1 aliphatic heterocycles. The second-order valence-electron chi connectivity index (χ2n) is 9.55. The number of methoxy groups -OCH3 is 1. The molecule has 1 saturated carbocycles. The lowest BCUT2D eigenvalue weighted by atomic mass is 9.96. The molecule has 2 fully saturated rings. The van der Waals surface area contributed by atoms with E-state index in [0.717, 1.165) is 37.1 Å². The van der Waals surface area contributed by atoms with Gasteiger partial charge in [0.25, 0.3) is 0 Å². The normalized spacial score (nSPS) is 19.1. The fraction of sp³-hybridized carbons (Fsp3) is 0.625. The molecule has 1 aromatic heterocycles. The molecule has 2 heterocycles. The maximum absolute atomic E-state index is 13.1. The lowest BCUT2D eigenvalue weighted by Gasteiger charge is -2.32. The molecule has 1 unspecified atom stereocenters. The SMILES string of the molecule is COCCn1nc(C2CCCN(C(=O)Cc3ccc(S(=O)(=O)C(C)C)cc3)C2)n(C2CC2)c1=O. The number of likely N-dealkylation sites (tertiary alicyclic amines) is 1. The summed E-state index contributed by atoms with van der Waals surface area (Å²) < 4.78 is 33.1. The summed E-state index contributed by atoms with van der Waals surface area (Å²) >= 11 is 0. The van der Waals surface area contributed by atoms with Crippen LogP contribution < -0.4 is 5.69 Å². The van der Waals surface area contributed by atoms with Crippen LogP contribution in [0.3, 0.4) is 0 Å². The fourth-order valence-electron chi connectivity index (χ4n) is 4.48. The molecule has 0 radical (unpaired) electrons. The molecule has 34 heavy (non-hydrogen) atoms. The molecular formula is C24H34N4O5S. The lowest BCUT2D eigenvalue weighted by Crippen LogP contribution is -2.40. The smallest absolute Gasteiger partial charge is 0.346 e. The first-order valence-electron chi connectivity index (χ1n) is 12.0. The molecule has 10 heteroatoms. The highest BCUT2D eigenvalue weighted by molar-refractivity contribution is 7.92. The zero-order chi connectivity index (χ0) is 24.5. The molecule has 1 atom stereocenters. The Morgan fingerprint density at radius 3 is 2.50 bits per heavy atom. The summed E-state index contributed by atoms with van der Waals surface area (Å²) in [6, 6.07) is 6.81. The van der Waals surface area contributed by atoms with Gasteiger partial charge in [0.1, 0.15) is 5.82 Å². The van der Waals surface area contributed by atoms with Crippen LogP contribution in [0.4, 0.5) is 0 Å². The van der Waals surface area contributed by atoms with Gasteiger partial charge < -0.3 is 9.64 Å². The van der Waals surface area contributed by atoms with Crippen LogP contribution in [0.2, 0.25) is 0 Å². The van der Waals surface area contributed by atoms with E-state index in [9.17, 15) is 18.0 Å². The molecule has 186 valence electrons. The number of ether oxygens (including phenoxy) is 1. The van der Waals surface area contributed by atoms with Crippen LogP contribution in [0.15, 0.2) is 34.0 Å². The second-order valence-corrected chi connectivity index (χ2v) is 12.1. The maximum atomic E-state index is 13.1. The Kier molecular flexibility index (Phi) is 7.28. The van der Waals surface area contributed by atoms with Gasteiger partial charge in [-0.3, -0.25) is 9.36 Å². The van der Waals surface area contributed by atoms with Gasteiger partial charge in [0.2, 0.25) is 5.91 Å². The largest absolute Gasteiger partial charge is 0.383 e. The number of carbonyl (C=O) groups excluding carboxylic acids is 1. The summed E-state index contributed by atoms with van der Waals surface area (Å²) in [5.41, 5.74) is 0.697. The maximum Gasteiger partial charge on any atom is 0.346 e. The Labute approximate surface area is 200 Å². The molecule has 0 bridgehead atoms. The van der Waals surface area contributed by atoms with E-state index in [4.69, 9.17) is 4.74 Å². The van der Waals surface area contributed by atoms with Crippen LogP contribution in [0.5, 0.6) is 0 Å². The summed E-state index contributed by atoms with van der Waals surface area (Å²) in [5.74, 6) is 0.806. The average molecular weight is 491 g/mol. The van der Waals surface area contributed by atoms with Crippen LogP contribution >= 0.6 is 0 Å². The van der Waals surface area contributed by atoms with Crippen molar-refractivity contribution in [1.82, 2.24) is 19.2 Å². The number of amides is 1. The first kappa shape index (κ1) is 24.7. The number of nitrogens with zero attached hydrogens (tertiary/aromatic N) is 4. The van der Waals surface area contributed by atoms with Crippen LogP contribution in [-0.4, -0.2) is 65.6 Å². The molecule has 1 aromatic carbocycles. The molecule has 1 saturated heterocycles. The van der Waals surface area contributed by atoms with E-state index in [0.29, 0.717) is 26.2 Å². The summed E-state index contributed by atoms with van der Waals surface area (Å²) in [4.78, 5) is 28.1. The van der Waals surface area contributed by atoms with Crippen molar-refractivity contribution < 1.29 is 17.9 Å². The zero-order valence-electron chi connectivity index (χ0n) is 20.1. The quantitative estimate of drug-likeness (QED) is 0.534. The number of aromatic nitrogens is 3. The highest BCUT2D eigenvalue weighted by atomic mass is 32.2. The van der Waals surface area contributed by atoms with Crippen molar-refractivity contribution in [3.8, 4) is 0 Å². The van der Waals surface area contributed by atoms with E-state index in [1.54, 1.807) is 45.2 Å². The lowest BCUT2D eigenvalue weighted by molar-refractivity contribution is -0.131. The van der Waals surface area contributed by atoms with Crippen LogP contribution in [0.25, 0.3) is 0 Å². The number of benzene rings is 1. The third-order valence-corrected chi connectivity index (χ3v) is 8.85. The molecule has 2 aliphatic rings. The van der Waals surface area contributed by atoms with E-state index in [-0.39, 0.29) is 34.9 Å². The molecule has 2 aromatic rings. The van der Waals surface area contributed by atoms with E-state index < -0.39 is 15.1 Å². The van der Waals surface area contributed by atoms with Gasteiger partial charge in [0.15, 0.2) is 9.84 Å². The van der Waals surface area contributed by atoms with Gasteiger partial charge in [0, 0.05) is 32.2 Å². The fourth-order valence-corrected chi connectivity index (χ4v) is 5.54. The highest BCUT2D eigenvalue weighted by Crippen LogP contribution is 2.37. The highest BCUT2D eigenvalue weighted by Gasteiger charge is 2.35. The first-order chi connectivity index (χ1) is 16.2. The topological polar surface area (TPSA) is 104 Å². The minimum absolute atomic E-state index is 0.00306. The molecular weight excluding hydrogens is 456 g/mol. The van der Waals surface area contributed by atoms with Gasteiger partial charge in [0.05, 0.1) is 29.7 Å². The average Bonchev–Trinajstić information content (AvgIpc) is 3.61. The Morgan fingerprint density at radius 2 is 1.88 bits per heavy atom. The summed E-state index contributed by atoms with van der Waals surface area (Å²) in [6.07, 6.45) is 3.93. The van der Waals surface area contributed by atoms with Crippen molar-refractivity contribution in [3.63, 3.8) is 0 Å². The summed E-state index contributed by atoms with van der Waals surface area (Å²) in [7, 11) is -1.73. The van der Waals surface area contributed by atoms with Gasteiger partial charge >= 0.3 is 5.69 Å². The predicted molar refractivity (Wildman–Crippen MR) is 128 cm³/mol. The van der Waals surface area contributed by atoms with E-state index in [1.807, 2.05) is 9.47 Å². The molecule has 4 rings (SSSR count). The van der Waals surface area contributed by atoms with Crippen LogP contribution in [0.1, 0.15) is 62.9 Å². The number of hydrogen-bond donors (Lipinski definition) is 0. The van der Waals surface area contributed by atoms with Crippen molar-refractivity contribution in [1.29, 1.82) is 0 Å². The number of hydrogen-bond acceptors (Lipinski definition) is 6. The van der Waals surface area contributed by atoms with Gasteiger partial charge in [-0.25, -0.2) is 17.9 Å². The minimum Gasteiger partial charge on any atom is -0.383 e. The minimum atomic E-state index is -3.33. The van der Waals surface area contributed by atoms with Crippen LogP contribution in [-0.2, 0) is 32.3 Å². The number of rotatable bonds is 9. The Morgan fingerprint density at radius 1 is 1.18 bits per heavy atom. The van der Waals surface area contributed by atoms with Gasteiger partial charge in [-0.05, 0) is 57.2 Å². The third kappa shape index (κ3) is 5.12. The number of piperidine rings is 1. The number of carbonyl (C=O) groups is 1. The number of sulfone groups is 1. The molecule has 0 N–H and O–H groups in total. The Balaban J connectivity index is 1.46. The van der Waals surface area contributed by atoms with Crippen LogP contribution in [0, 0.1) is 0 Å².